The highest BCUT2D eigenvalue weighted by Crippen LogP contribution is 2.45. The van der Waals surface area contributed by atoms with Gasteiger partial charge in [-0.05, 0) is 148 Å². The van der Waals surface area contributed by atoms with Crippen molar-refractivity contribution in [2.24, 2.45) is 0 Å². The fourth-order valence-corrected chi connectivity index (χ4v) is 10.8. The van der Waals surface area contributed by atoms with Gasteiger partial charge in [0.25, 0.3) is 0 Å². The quantitative estimate of drug-likeness (QED) is 0.0169. The molecule has 0 aliphatic rings. The minimum absolute atomic E-state index is 0.0290. The summed E-state index contributed by atoms with van der Waals surface area (Å²) in [5.74, 6) is -2.37. The molecule has 0 aromatic carbocycles. The van der Waals surface area contributed by atoms with E-state index < -0.39 is 97.5 Å². The van der Waals surface area contributed by atoms with E-state index in [1.54, 1.807) is 0 Å². The molecule has 0 saturated carbocycles. The fraction of sp³-hybridized carbons (Fsp3) is 0.630. The van der Waals surface area contributed by atoms with Gasteiger partial charge < -0.3 is 33.8 Å². The molecule has 100 heavy (non-hydrogen) atoms. The van der Waals surface area contributed by atoms with E-state index in [-0.39, 0.29) is 25.7 Å². The van der Waals surface area contributed by atoms with Crippen LogP contribution in [0.1, 0.15) is 272 Å². The van der Waals surface area contributed by atoms with E-state index in [1.165, 1.54) is 32.1 Å². The van der Waals surface area contributed by atoms with Crippen molar-refractivity contribution in [3.05, 3.63) is 158 Å². The summed E-state index contributed by atoms with van der Waals surface area (Å²) in [5.41, 5.74) is 0. The smallest absolute Gasteiger partial charge is 0.462 e. The number of allylic oxidation sites excluding steroid dienone is 26. The number of rotatable bonds is 69. The Balaban J connectivity index is 5.44. The predicted octanol–water partition coefficient (Wildman–Crippen LogP) is 21.7. The maximum atomic E-state index is 13.1. The van der Waals surface area contributed by atoms with Crippen molar-refractivity contribution in [1.82, 2.24) is 0 Å². The van der Waals surface area contributed by atoms with Crippen LogP contribution in [0.25, 0.3) is 0 Å². The molecule has 5 atom stereocenters. The molecule has 0 aliphatic carbocycles. The van der Waals surface area contributed by atoms with E-state index in [2.05, 4.69) is 155 Å². The minimum Gasteiger partial charge on any atom is -0.462 e. The Morgan fingerprint density at radius 3 is 0.930 bits per heavy atom. The van der Waals surface area contributed by atoms with Crippen LogP contribution >= 0.6 is 15.6 Å². The van der Waals surface area contributed by atoms with E-state index in [0.717, 1.165) is 148 Å². The van der Waals surface area contributed by atoms with Crippen LogP contribution in [0.3, 0.4) is 0 Å². The van der Waals surface area contributed by atoms with Crippen molar-refractivity contribution in [1.29, 1.82) is 0 Å². The number of phosphoric acid groups is 2. The summed E-state index contributed by atoms with van der Waals surface area (Å²) in [5, 5.41) is 10.6. The van der Waals surface area contributed by atoms with Gasteiger partial charge in [-0.25, -0.2) is 9.13 Å². The van der Waals surface area contributed by atoms with Crippen molar-refractivity contribution >= 4 is 39.5 Å². The van der Waals surface area contributed by atoms with Gasteiger partial charge in [-0.2, -0.15) is 0 Å². The molecule has 0 rings (SSSR count). The van der Waals surface area contributed by atoms with Crippen LogP contribution in [0.2, 0.25) is 0 Å². The maximum Gasteiger partial charge on any atom is 0.472 e. The van der Waals surface area contributed by atoms with Gasteiger partial charge in [-0.3, -0.25) is 37.3 Å². The molecule has 0 saturated heterocycles. The van der Waals surface area contributed by atoms with Crippen LogP contribution in [0.15, 0.2) is 158 Å². The minimum atomic E-state index is -5.00. The molecule has 19 heteroatoms. The molecule has 568 valence electrons. The molecule has 0 bridgehead atoms. The number of carbonyl (C=O) groups is 4. The second-order valence-electron chi connectivity index (χ2n) is 24.5. The van der Waals surface area contributed by atoms with Crippen LogP contribution in [0, 0.1) is 0 Å². The molecule has 0 spiro atoms. The third kappa shape index (κ3) is 71.1. The SMILES string of the molecule is CC/C=C\C/C=C\C/C=C\C/C=C\C/C=C\C/C=C\CCC(=O)OCC(COP(=O)(O)OCC(O)COP(=O)(O)OCC(COC(=O)CCC/C=C\C/C=C\C/C=C\C/C=C\C/C=C\CC)OC(=O)CCCCCCC/C=C\CCCCCC)OC(=O)CCCCCCC/C=C\CCCC. The number of hydrogen-bond donors (Lipinski definition) is 3. The molecule has 0 heterocycles. The summed E-state index contributed by atoms with van der Waals surface area (Å²) in [6.07, 6.45) is 82.7. The van der Waals surface area contributed by atoms with Crippen molar-refractivity contribution in [2.45, 2.75) is 290 Å². The largest absolute Gasteiger partial charge is 0.472 e. The normalized spacial score (nSPS) is 14.8. The maximum absolute atomic E-state index is 13.1. The van der Waals surface area contributed by atoms with E-state index in [9.17, 15) is 43.2 Å². The lowest BCUT2D eigenvalue weighted by Crippen LogP contribution is -2.30. The molecule has 0 aromatic heterocycles. The number of hydrogen-bond acceptors (Lipinski definition) is 15. The Hall–Kier alpha value is -5.32. The zero-order chi connectivity index (χ0) is 73.2. The molecule has 0 aromatic rings. The van der Waals surface area contributed by atoms with Crippen LogP contribution in [0.4, 0.5) is 0 Å². The van der Waals surface area contributed by atoms with E-state index in [1.807, 2.05) is 30.4 Å². The van der Waals surface area contributed by atoms with Crippen molar-refractivity contribution in [3.8, 4) is 0 Å². The topological polar surface area (TPSA) is 237 Å². The van der Waals surface area contributed by atoms with Crippen molar-refractivity contribution in [2.75, 3.05) is 39.6 Å². The van der Waals surface area contributed by atoms with E-state index in [0.29, 0.717) is 38.5 Å². The monoisotopic (exact) mass is 1440 g/mol. The lowest BCUT2D eigenvalue weighted by atomic mass is 10.1. The number of unbranched alkanes of at least 4 members (excludes halogenated alkanes) is 17. The first-order valence-corrected chi connectivity index (χ1v) is 40.7. The molecule has 3 N–H and O–H groups in total. The average Bonchev–Trinajstić information content (AvgIpc) is 1.02. The third-order valence-electron chi connectivity index (χ3n) is 15.0. The highest BCUT2D eigenvalue weighted by atomic mass is 31.2. The number of ether oxygens (including phenoxy) is 4. The van der Waals surface area contributed by atoms with Gasteiger partial charge in [0.2, 0.25) is 0 Å². The summed E-state index contributed by atoms with van der Waals surface area (Å²) in [7, 11) is -10.00. The van der Waals surface area contributed by atoms with Gasteiger partial charge in [0.05, 0.1) is 26.4 Å². The Morgan fingerprint density at radius 1 is 0.290 bits per heavy atom. The Kier molecular flexibility index (Phi) is 68.2. The molecule has 5 unspecified atom stereocenters. The summed E-state index contributed by atoms with van der Waals surface area (Å²) < 4.78 is 68.2. The zero-order valence-electron chi connectivity index (χ0n) is 61.8. The summed E-state index contributed by atoms with van der Waals surface area (Å²) >= 11 is 0. The van der Waals surface area contributed by atoms with Gasteiger partial charge in [-0.15, -0.1) is 0 Å². The molecule has 0 fully saturated rings. The van der Waals surface area contributed by atoms with Gasteiger partial charge in [0.15, 0.2) is 12.2 Å². The molecule has 0 radical (unpaired) electrons. The van der Waals surface area contributed by atoms with Gasteiger partial charge in [0, 0.05) is 25.7 Å². The molecule has 0 amide bonds. The lowest BCUT2D eigenvalue weighted by molar-refractivity contribution is -0.161. The first-order valence-electron chi connectivity index (χ1n) is 37.7. The summed E-state index contributed by atoms with van der Waals surface area (Å²) in [6.45, 7) is 4.39. The Morgan fingerprint density at radius 2 is 0.560 bits per heavy atom. The van der Waals surface area contributed by atoms with E-state index >= 15 is 0 Å². The second-order valence-corrected chi connectivity index (χ2v) is 27.4. The fourth-order valence-electron chi connectivity index (χ4n) is 9.26. The third-order valence-corrected chi connectivity index (χ3v) is 16.9. The summed E-state index contributed by atoms with van der Waals surface area (Å²) in [6, 6.07) is 0. The first-order chi connectivity index (χ1) is 48.7. The Labute approximate surface area is 604 Å². The number of esters is 4. The highest BCUT2D eigenvalue weighted by molar-refractivity contribution is 7.47. The van der Waals surface area contributed by atoms with Crippen LogP contribution in [-0.2, 0) is 65.4 Å². The van der Waals surface area contributed by atoms with E-state index in [4.69, 9.17) is 37.0 Å². The predicted molar refractivity (Wildman–Crippen MR) is 408 cm³/mol. The Bertz CT molecular complexity index is 2520. The molecule has 17 nitrogen and oxygen atoms in total. The van der Waals surface area contributed by atoms with Crippen LogP contribution < -0.4 is 0 Å². The van der Waals surface area contributed by atoms with Gasteiger partial charge in [0.1, 0.15) is 19.3 Å². The average molecular weight is 1440 g/mol. The number of aliphatic hydroxyl groups excluding tert-OH is 1. The van der Waals surface area contributed by atoms with Crippen molar-refractivity contribution < 1.29 is 80.2 Å². The number of carbonyl (C=O) groups excluding carboxylic acids is 4. The standard InChI is InChI=1S/C81H132O17P2/c1-5-9-13-17-21-25-29-32-34-36-37-39-41-44-47-50-54-58-62-66-78(83)91-71-76(97-80(85)67-63-59-55-51-45-28-24-20-16-12-8-4)73-95-99(87,88)93-69-75(82)70-94-100(89,90)96-74-77(98-81(86)68-64-60-56-52-48-42-31-27-23-19-15-11-7-3)72-92-79(84)65-61-57-53-49-46-43-40-38-35-33-30-26-22-18-14-10-6-2/h9-10,13-14,20-22,24-27,31-35,37,39-40,43-44,47,49,53-54,58,75-77,82H,5-8,11-12,15-19,23,28-30,36,38,41-42,45-46,48,50-52,55-57,59-74H2,1-4H3,(H,87,88)(H,89,90)/b13-9-,14-10-,24-20-,25-21-,26-22-,31-27-,34-32-,35-33-,39-37-,43-40-,47-44-,53-49-,58-54-. The lowest BCUT2D eigenvalue weighted by Gasteiger charge is -2.21. The van der Waals surface area contributed by atoms with Gasteiger partial charge in [-0.1, -0.05) is 256 Å². The van der Waals surface area contributed by atoms with Crippen LogP contribution in [-0.4, -0.2) is 96.7 Å². The number of phosphoric ester groups is 2. The van der Waals surface area contributed by atoms with Crippen LogP contribution in [0.5, 0.6) is 0 Å². The molecular formula is C81H132O17P2. The summed E-state index contributed by atoms with van der Waals surface area (Å²) in [4.78, 5) is 72.7. The number of aliphatic hydroxyl groups is 1. The van der Waals surface area contributed by atoms with Crippen molar-refractivity contribution in [3.63, 3.8) is 0 Å². The molecular weight excluding hydrogens is 1310 g/mol. The highest BCUT2D eigenvalue weighted by Gasteiger charge is 2.30. The van der Waals surface area contributed by atoms with Gasteiger partial charge >= 0.3 is 39.5 Å². The first kappa shape index (κ1) is 94.7. The molecule has 0 aliphatic heterocycles. The second kappa shape index (κ2) is 72.0. The zero-order valence-corrected chi connectivity index (χ0v) is 63.6.